The fourth-order valence-corrected chi connectivity index (χ4v) is 4.52. The predicted octanol–water partition coefficient (Wildman–Crippen LogP) is 2.61. The summed E-state index contributed by atoms with van der Waals surface area (Å²) in [6.07, 6.45) is 2.18. The number of methoxy groups -OCH3 is 1. The number of ether oxygens (including phenoxy) is 2. The summed E-state index contributed by atoms with van der Waals surface area (Å²) in [7, 11) is 1.72. The van der Waals surface area contributed by atoms with Crippen LogP contribution in [0.4, 0.5) is 5.95 Å². The van der Waals surface area contributed by atoms with Crippen LogP contribution in [0.1, 0.15) is 41.1 Å². The molecule has 2 aromatic rings. The lowest BCUT2D eigenvalue weighted by Gasteiger charge is -2.33. The van der Waals surface area contributed by atoms with E-state index in [0.29, 0.717) is 19.2 Å². The van der Waals surface area contributed by atoms with E-state index in [1.165, 1.54) is 11.1 Å². The summed E-state index contributed by atoms with van der Waals surface area (Å²) in [5, 5.41) is 0. The fraction of sp³-hybridized carbons (Fsp3) is 0.565. The second-order valence-corrected chi connectivity index (χ2v) is 8.42. The molecule has 30 heavy (non-hydrogen) atoms. The number of aromatic amines is 1. The highest BCUT2D eigenvalue weighted by Gasteiger charge is 2.25. The highest BCUT2D eigenvalue weighted by atomic mass is 16.5. The summed E-state index contributed by atoms with van der Waals surface area (Å²) < 4.78 is 10.9. The van der Waals surface area contributed by atoms with Crippen molar-refractivity contribution in [2.45, 2.75) is 39.2 Å². The maximum Gasteiger partial charge on any atom is 0.252 e. The highest BCUT2D eigenvalue weighted by molar-refractivity contribution is 5.41. The molecule has 162 valence electrons. The van der Waals surface area contributed by atoms with Crippen molar-refractivity contribution < 1.29 is 9.47 Å². The van der Waals surface area contributed by atoms with E-state index in [1.807, 2.05) is 0 Å². The zero-order valence-corrected chi connectivity index (χ0v) is 18.2. The van der Waals surface area contributed by atoms with Gasteiger partial charge in [0.15, 0.2) is 0 Å². The second kappa shape index (κ2) is 9.18. The molecule has 7 heteroatoms. The van der Waals surface area contributed by atoms with Crippen molar-refractivity contribution in [1.82, 2.24) is 14.9 Å². The molecule has 1 N–H and O–H groups in total. The third-order valence-corrected chi connectivity index (χ3v) is 6.23. The second-order valence-electron chi connectivity index (χ2n) is 8.42. The number of benzene rings is 1. The third-order valence-electron chi connectivity index (χ3n) is 6.23. The van der Waals surface area contributed by atoms with Crippen molar-refractivity contribution in [1.29, 1.82) is 0 Å². The van der Waals surface area contributed by atoms with E-state index in [-0.39, 0.29) is 11.5 Å². The Bertz CT molecular complexity index is 937. The molecule has 7 nitrogen and oxygen atoms in total. The molecule has 0 saturated carbocycles. The van der Waals surface area contributed by atoms with Gasteiger partial charge < -0.3 is 14.4 Å². The van der Waals surface area contributed by atoms with Crippen LogP contribution < -0.4 is 15.2 Å². The van der Waals surface area contributed by atoms with Crippen LogP contribution in [0.15, 0.2) is 23.0 Å². The normalized spacial score (nSPS) is 20.4. The van der Waals surface area contributed by atoms with Crippen LogP contribution in [0.5, 0.6) is 5.75 Å². The Labute approximate surface area is 178 Å². The van der Waals surface area contributed by atoms with Crippen molar-refractivity contribution in [2.75, 3.05) is 51.4 Å². The molecule has 1 aromatic heterocycles. The number of anilines is 1. The van der Waals surface area contributed by atoms with Gasteiger partial charge in [-0.15, -0.1) is 0 Å². The van der Waals surface area contributed by atoms with Crippen LogP contribution in [-0.4, -0.2) is 61.4 Å². The first kappa shape index (κ1) is 20.9. The zero-order valence-electron chi connectivity index (χ0n) is 18.2. The molecule has 0 amide bonds. The Morgan fingerprint density at radius 2 is 1.97 bits per heavy atom. The monoisotopic (exact) mass is 412 g/mol. The number of H-pyrrole nitrogens is 1. The smallest absolute Gasteiger partial charge is 0.252 e. The van der Waals surface area contributed by atoms with Gasteiger partial charge in [0.25, 0.3) is 5.56 Å². The van der Waals surface area contributed by atoms with Gasteiger partial charge in [-0.1, -0.05) is 6.07 Å². The van der Waals surface area contributed by atoms with Crippen molar-refractivity contribution in [3.05, 3.63) is 50.9 Å². The molecule has 0 unspecified atom stereocenters. The molecule has 0 aliphatic carbocycles. The number of likely N-dealkylation sites (tertiary alicyclic amines) is 1. The molecule has 1 aromatic carbocycles. The molecular weight excluding hydrogens is 380 g/mol. The Kier molecular flexibility index (Phi) is 6.39. The molecule has 2 aliphatic heterocycles. The molecule has 4 rings (SSSR count). The van der Waals surface area contributed by atoms with Gasteiger partial charge in [0.05, 0.1) is 26.0 Å². The minimum absolute atomic E-state index is 0.0692. The summed E-state index contributed by atoms with van der Waals surface area (Å²) in [4.78, 5) is 24.7. The molecule has 0 bridgehead atoms. The molecule has 2 saturated heterocycles. The first-order valence-electron chi connectivity index (χ1n) is 10.8. The van der Waals surface area contributed by atoms with Gasteiger partial charge in [0.2, 0.25) is 5.95 Å². The lowest BCUT2D eigenvalue weighted by atomic mass is 9.93. The molecule has 0 spiro atoms. The van der Waals surface area contributed by atoms with Gasteiger partial charge in [-0.05, 0) is 56.0 Å². The first-order valence-corrected chi connectivity index (χ1v) is 10.8. The Balaban J connectivity index is 1.50. The van der Waals surface area contributed by atoms with E-state index in [0.717, 1.165) is 62.6 Å². The van der Waals surface area contributed by atoms with E-state index in [1.54, 1.807) is 13.2 Å². The van der Waals surface area contributed by atoms with Gasteiger partial charge in [0.1, 0.15) is 5.75 Å². The SMILES string of the molecule is COc1cc(C)c(CN2CCC[C@H](c3cc(=O)[nH]c(N4CCOCC4)n3)C2)cc1C. The Hall–Kier alpha value is -2.38. The number of nitrogens with zero attached hydrogens (tertiary/aromatic N) is 3. The average molecular weight is 413 g/mol. The van der Waals surface area contributed by atoms with Crippen LogP contribution in [0.2, 0.25) is 0 Å². The molecular formula is C23H32N4O3. The van der Waals surface area contributed by atoms with E-state index in [4.69, 9.17) is 14.5 Å². The predicted molar refractivity (Wildman–Crippen MR) is 118 cm³/mol. The topological polar surface area (TPSA) is 70.7 Å². The summed E-state index contributed by atoms with van der Waals surface area (Å²) in [5.74, 6) is 1.90. The van der Waals surface area contributed by atoms with Gasteiger partial charge in [-0.3, -0.25) is 14.7 Å². The number of piperidine rings is 1. The summed E-state index contributed by atoms with van der Waals surface area (Å²) in [6, 6.07) is 6.04. The highest BCUT2D eigenvalue weighted by Crippen LogP contribution is 2.29. The van der Waals surface area contributed by atoms with Gasteiger partial charge in [0, 0.05) is 38.2 Å². The third kappa shape index (κ3) is 4.68. The van der Waals surface area contributed by atoms with E-state index >= 15 is 0 Å². The van der Waals surface area contributed by atoms with Crippen molar-refractivity contribution in [3.8, 4) is 5.75 Å². The van der Waals surface area contributed by atoms with Gasteiger partial charge in [-0.2, -0.15) is 0 Å². The van der Waals surface area contributed by atoms with Crippen molar-refractivity contribution in [3.63, 3.8) is 0 Å². The molecule has 2 fully saturated rings. The van der Waals surface area contributed by atoms with Crippen molar-refractivity contribution in [2.24, 2.45) is 0 Å². The lowest BCUT2D eigenvalue weighted by Crippen LogP contribution is -2.39. The summed E-state index contributed by atoms with van der Waals surface area (Å²) in [5.41, 5.74) is 4.59. The number of rotatable bonds is 5. The summed E-state index contributed by atoms with van der Waals surface area (Å²) in [6.45, 7) is 10.0. The number of nitrogens with one attached hydrogen (secondary N) is 1. The van der Waals surface area contributed by atoms with Gasteiger partial charge >= 0.3 is 0 Å². The zero-order chi connectivity index (χ0) is 21.1. The molecule has 2 aliphatic rings. The summed E-state index contributed by atoms with van der Waals surface area (Å²) >= 11 is 0. The maximum absolute atomic E-state index is 12.3. The van der Waals surface area contributed by atoms with E-state index in [9.17, 15) is 4.79 Å². The lowest BCUT2D eigenvalue weighted by molar-refractivity contribution is 0.122. The van der Waals surface area contributed by atoms with Crippen LogP contribution >= 0.6 is 0 Å². The number of hydrogen-bond donors (Lipinski definition) is 1. The minimum Gasteiger partial charge on any atom is -0.496 e. The number of aryl methyl sites for hydroxylation is 2. The van der Waals surface area contributed by atoms with Gasteiger partial charge in [-0.25, -0.2) is 4.98 Å². The van der Waals surface area contributed by atoms with Crippen molar-refractivity contribution >= 4 is 5.95 Å². The number of morpholine rings is 1. The van der Waals surface area contributed by atoms with E-state index in [2.05, 4.69) is 40.8 Å². The molecule has 1 atom stereocenters. The van der Waals surface area contributed by atoms with Crippen LogP contribution in [0.25, 0.3) is 0 Å². The average Bonchev–Trinajstić information content (AvgIpc) is 2.76. The quantitative estimate of drug-likeness (QED) is 0.814. The maximum atomic E-state index is 12.3. The molecule has 0 radical (unpaired) electrons. The standard InChI is InChI=1S/C23H32N4O3/c1-16-12-21(29-3)17(2)11-19(16)15-26-6-4-5-18(14-26)20-13-22(28)25-23(24-20)27-7-9-30-10-8-27/h11-13,18H,4-10,14-15H2,1-3H3,(H,24,25,28)/t18-/m0/s1. The fourth-order valence-electron chi connectivity index (χ4n) is 4.52. The van der Waals surface area contributed by atoms with E-state index < -0.39 is 0 Å². The first-order chi connectivity index (χ1) is 14.5. The number of aromatic nitrogens is 2. The molecule has 3 heterocycles. The van der Waals surface area contributed by atoms with Crippen LogP contribution in [-0.2, 0) is 11.3 Å². The van der Waals surface area contributed by atoms with Crippen LogP contribution in [0.3, 0.4) is 0 Å². The number of hydrogen-bond acceptors (Lipinski definition) is 6. The Morgan fingerprint density at radius 1 is 1.17 bits per heavy atom. The Morgan fingerprint density at radius 3 is 2.73 bits per heavy atom. The largest absolute Gasteiger partial charge is 0.496 e. The minimum atomic E-state index is -0.0692. The van der Waals surface area contributed by atoms with Crippen LogP contribution in [0, 0.1) is 13.8 Å².